The SMILES string of the molecule is COc1ccc(C(=O)N[C@@H]2CCCN(c3cnc(C(N)=O)c(Nc4ccc(C5CCN(CC#N)CC5)cc4)n3)C2)cc1. The first kappa shape index (κ1) is 28.8. The molecule has 0 bridgehead atoms. The number of nitriles is 1. The number of piperidine rings is 2. The van der Waals surface area contributed by atoms with Crippen LogP contribution in [-0.4, -0.2) is 72.6 Å². The molecule has 0 aliphatic carbocycles. The Morgan fingerprint density at radius 2 is 1.81 bits per heavy atom. The fourth-order valence-corrected chi connectivity index (χ4v) is 5.61. The molecule has 3 aromatic rings. The van der Waals surface area contributed by atoms with Crippen LogP contribution in [0.1, 0.15) is 58.0 Å². The van der Waals surface area contributed by atoms with E-state index in [4.69, 9.17) is 20.7 Å². The highest BCUT2D eigenvalue weighted by molar-refractivity contribution is 5.96. The van der Waals surface area contributed by atoms with Gasteiger partial charge in [0.1, 0.15) is 11.6 Å². The highest BCUT2D eigenvalue weighted by Gasteiger charge is 2.25. The smallest absolute Gasteiger partial charge is 0.271 e. The number of hydrogen-bond acceptors (Lipinski definition) is 9. The normalized spacial score (nSPS) is 17.7. The highest BCUT2D eigenvalue weighted by Crippen LogP contribution is 2.30. The van der Waals surface area contributed by atoms with Crippen LogP contribution in [0.25, 0.3) is 0 Å². The van der Waals surface area contributed by atoms with Gasteiger partial charge in [-0.3, -0.25) is 14.5 Å². The third kappa shape index (κ3) is 6.95. The monoisotopic (exact) mass is 568 g/mol. The molecule has 1 atom stereocenters. The van der Waals surface area contributed by atoms with E-state index in [9.17, 15) is 9.59 Å². The fourth-order valence-electron chi connectivity index (χ4n) is 5.61. The number of nitrogens with zero attached hydrogens (tertiary/aromatic N) is 5. The Balaban J connectivity index is 1.25. The second kappa shape index (κ2) is 13.3. The summed E-state index contributed by atoms with van der Waals surface area (Å²) < 4.78 is 5.18. The number of methoxy groups -OCH3 is 1. The van der Waals surface area contributed by atoms with Crippen LogP contribution in [0.2, 0.25) is 0 Å². The number of likely N-dealkylation sites (tertiary alicyclic amines) is 1. The van der Waals surface area contributed by atoms with Crippen molar-refractivity contribution < 1.29 is 14.3 Å². The number of benzene rings is 2. The third-order valence-corrected chi connectivity index (χ3v) is 7.95. The van der Waals surface area contributed by atoms with Crippen molar-refractivity contribution in [2.45, 2.75) is 37.6 Å². The zero-order chi connectivity index (χ0) is 29.5. The second-order valence-corrected chi connectivity index (χ2v) is 10.7. The number of nitrogens with two attached hydrogens (primary N) is 1. The van der Waals surface area contributed by atoms with Crippen molar-refractivity contribution in [3.63, 3.8) is 0 Å². The molecule has 0 unspecified atom stereocenters. The molecule has 2 saturated heterocycles. The number of carbonyl (C=O) groups is 2. The summed E-state index contributed by atoms with van der Waals surface area (Å²) in [6.45, 7) is 3.64. The minimum Gasteiger partial charge on any atom is -0.497 e. The number of hydrogen-bond donors (Lipinski definition) is 3. The standard InChI is InChI=1S/C31H36N8O3/c1-42-26-10-6-23(7-11-26)31(41)36-25-3-2-15-39(20-25)27-19-34-28(29(33)40)30(37-27)35-24-8-4-21(5-9-24)22-12-16-38(17-13-22)18-14-32/h4-11,19,22,25H,2-3,12-13,15-18,20H2,1H3,(H2,33,40)(H,35,37)(H,36,41)/t25-/m1/s1. The van der Waals surface area contributed by atoms with Gasteiger partial charge in [0.05, 0.1) is 25.9 Å². The summed E-state index contributed by atoms with van der Waals surface area (Å²) >= 11 is 0. The van der Waals surface area contributed by atoms with E-state index in [2.05, 4.69) is 43.6 Å². The van der Waals surface area contributed by atoms with E-state index >= 15 is 0 Å². The highest BCUT2D eigenvalue weighted by atomic mass is 16.5. The van der Waals surface area contributed by atoms with Crippen molar-refractivity contribution in [2.24, 2.45) is 5.73 Å². The van der Waals surface area contributed by atoms with Crippen molar-refractivity contribution in [2.75, 3.05) is 50.1 Å². The van der Waals surface area contributed by atoms with Crippen LogP contribution < -0.4 is 26.0 Å². The largest absolute Gasteiger partial charge is 0.497 e. The summed E-state index contributed by atoms with van der Waals surface area (Å²) in [6.07, 6.45) is 5.31. The van der Waals surface area contributed by atoms with Gasteiger partial charge < -0.3 is 26.0 Å². The molecule has 218 valence electrons. The lowest BCUT2D eigenvalue weighted by Crippen LogP contribution is -2.48. The first-order valence-electron chi connectivity index (χ1n) is 14.3. The maximum absolute atomic E-state index is 12.8. The Bertz CT molecular complexity index is 1430. The van der Waals surface area contributed by atoms with Gasteiger partial charge >= 0.3 is 0 Å². The molecule has 3 heterocycles. The molecule has 2 aromatic carbocycles. The number of aromatic nitrogens is 2. The minimum absolute atomic E-state index is 0.0639. The number of rotatable bonds is 9. The van der Waals surface area contributed by atoms with Gasteiger partial charge in [-0.25, -0.2) is 9.97 Å². The van der Waals surface area contributed by atoms with E-state index in [1.54, 1.807) is 37.6 Å². The lowest BCUT2D eigenvalue weighted by molar-refractivity contribution is 0.0931. The first-order valence-corrected chi connectivity index (χ1v) is 14.3. The molecule has 0 saturated carbocycles. The van der Waals surface area contributed by atoms with E-state index in [-0.39, 0.29) is 17.6 Å². The van der Waals surface area contributed by atoms with Gasteiger partial charge in [0.15, 0.2) is 11.5 Å². The van der Waals surface area contributed by atoms with Crippen molar-refractivity contribution in [3.8, 4) is 11.8 Å². The molecule has 2 amide bonds. The molecular weight excluding hydrogens is 532 g/mol. The Morgan fingerprint density at radius 3 is 2.48 bits per heavy atom. The van der Waals surface area contributed by atoms with E-state index in [0.29, 0.717) is 42.0 Å². The van der Waals surface area contributed by atoms with Crippen LogP contribution in [0, 0.1) is 11.3 Å². The van der Waals surface area contributed by atoms with Crippen LogP contribution in [0.3, 0.4) is 0 Å². The summed E-state index contributed by atoms with van der Waals surface area (Å²) in [6, 6.07) is 17.3. The van der Waals surface area contributed by atoms with Gasteiger partial charge in [-0.05, 0) is 86.7 Å². The average Bonchev–Trinajstić information content (AvgIpc) is 3.02. The molecule has 2 aliphatic rings. The molecular formula is C31H36N8O3. The molecule has 2 fully saturated rings. The average molecular weight is 569 g/mol. The van der Waals surface area contributed by atoms with E-state index in [1.807, 2.05) is 12.1 Å². The maximum Gasteiger partial charge on any atom is 0.271 e. The third-order valence-electron chi connectivity index (χ3n) is 7.95. The number of amides is 2. The minimum atomic E-state index is -0.666. The Kier molecular flexibility index (Phi) is 9.14. The summed E-state index contributed by atoms with van der Waals surface area (Å²) in [5.74, 6) is 1.24. The molecule has 11 nitrogen and oxygen atoms in total. The molecule has 5 rings (SSSR count). The number of ether oxygens (including phenoxy) is 1. The number of nitrogens with one attached hydrogen (secondary N) is 2. The van der Waals surface area contributed by atoms with Crippen molar-refractivity contribution in [1.29, 1.82) is 5.26 Å². The predicted molar refractivity (Wildman–Crippen MR) is 160 cm³/mol. The number of anilines is 3. The van der Waals surface area contributed by atoms with Crippen molar-refractivity contribution >= 4 is 29.1 Å². The Hall–Kier alpha value is -4.69. The van der Waals surface area contributed by atoms with Gasteiger partial charge in [0.25, 0.3) is 11.8 Å². The molecule has 42 heavy (non-hydrogen) atoms. The molecule has 0 spiro atoms. The fraction of sp³-hybridized carbons (Fsp3) is 0.387. The van der Waals surface area contributed by atoms with E-state index < -0.39 is 5.91 Å². The van der Waals surface area contributed by atoms with Crippen LogP contribution in [0.15, 0.2) is 54.7 Å². The van der Waals surface area contributed by atoms with Crippen LogP contribution in [0.4, 0.5) is 17.3 Å². The summed E-state index contributed by atoms with van der Waals surface area (Å²) in [5.41, 5.74) is 8.29. The summed E-state index contributed by atoms with van der Waals surface area (Å²) in [4.78, 5) is 38.3. The van der Waals surface area contributed by atoms with Gasteiger partial charge in [-0.2, -0.15) is 5.26 Å². The summed E-state index contributed by atoms with van der Waals surface area (Å²) in [5, 5.41) is 15.3. The zero-order valence-electron chi connectivity index (χ0n) is 23.8. The number of carbonyl (C=O) groups excluding carboxylic acids is 2. The van der Waals surface area contributed by atoms with Crippen LogP contribution in [0.5, 0.6) is 5.75 Å². The predicted octanol–water partition coefficient (Wildman–Crippen LogP) is 3.43. The Morgan fingerprint density at radius 1 is 1.07 bits per heavy atom. The molecule has 0 radical (unpaired) electrons. The molecule has 11 heteroatoms. The van der Waals surface area contributed by atoms with Gasteiger partial charge in [-0.1, -0.05) is 12.1 Å². The lowest BCUT2D eigenvalue weighted by Gasteiger charge is -2.34. The van der Waals surface area contributed by atoms with Crippen molar-refractivity contribution in [3.05, 3.63) is 71.5 Å². The first-order chi connectivity index (χ1) is 20.4. The van der Waals surface area contributed by atoms with Crippen LogP contribution >= 0.6 is 0 Å². The van der Waals surface area contributed by atoms with E-state index in [1.165, 1.54) is 5.56 Å². The number of primary amides is 1. The van der Waals surface area contributed by atoms with Gasteiger partial charge in [0.2, 0.25) is 0 Å². The molecule has 4 N–H and O–H groups in total. The molecule has 2 aliphatic heterocycles. The van der Waals surface area contributed by atoms with Crippen LogP contribution in [-0.2, 0) is 0 Å². The topological polar surface area (TPSA) is 150 Å². The maximum atomic E-state index is 12.8. The van der Waals surface area contributed by atoms with Crippen molar-refractivity contribution in [1.82, 2.24) is 20.2 Å². The molecule has 1 aromatic heterocycles. The quantitative estimate of drug-likeness (QED) is 0.330. The Labute approximate surface area is 245 Å². The second-order valence-electron chi connectivity index (χ2n) is 10.7. The lowest BCUT2D eigenvalue weighted by atomic mass is 9.89. The summed E-state index contributed by atoms with van der Waals surface area (Å²) in [7, 11) is 1.59. The van der Waals surface area contributed by atoms with E-state index in [0.717, 1.165) is 51.0 Å². The van der Waals surface area contributed by atoms with Gasteiger partial charge in [-0.15, -0.1) is 0 Å². The van der Waals surface area contributed by atoms with Gasteiger partial charge in [0, 0.05) is 30.4 Å². The zero-order valence-corrected chi connectivity index (χ0v) is 23.8.